The molecule has 4 spiro atoms. The number of fused-ring (bicyclic) bond motifs is 13. The van der Waals surface area contributed by atoms with Gasteiger partial charge in [0.05, 0.1) is 56.1 Å². The Morgan fingerprint density at radius 2 is 0.793 bits per heavy atom. The van der Waals surface area contributed by atoms with E-state index >= 15 is 0 Å². The third-order valence-corrected chi connectivity index (χ3v) is 38.0. The van der Waals surface area contributed by atoms with E-state index < -0.39 is 10.0 Å². The molecule has 0 aromatic rings. The number of rotatable bonds is 13. The summed E-state index contributed by atoms with van der Waals surface area (Å²) in [5, 5.41) is 20.8. The van der Waals surface area contributed by atoms with E-state index in [1.54, 1.807) is 18.2 Å². The second-order valence-electron chi connectivity index (χ2n) is 49.6. The third kappa shape index (κ3) is 33.5. The Kier molecular flexibility index (Phi) is 45.4. The number of nitrogens with zero attached hydrogens (tertiary/aromatic N) is 12. The molecule has 0 aromatic heterocycles. The van der Waals surface area contributed by atoms with Crippen LogP contribution in [0.5, 0.6) is 0 Å². The molecule has 22 saturated heterocycles. The zero-order valence-corrected chi connectivity index (χ0v) is 91.6. The molecule has 0 radical (unpaired) electrons. The van der Waals surface area contributed by atoms with Crippen molar-refractivity contribution in [3.8, 4) is 0 Å². The number of likely N-dealkylation sites (tertiary alicyclic amines) is 7. The molecule has 2 aliphatic carbocycles. The summed E-state index contributed by atoms with van der Waals surface area (Å²) in [5.74, 6) is 2.63. The minimum absolute atomic E-state index is 0. The van der Waals surface area contributed by atoms with Crippen molar-refractivity contribution >= 4 is 10.0 Å². The van der Waals surface area contributed by atoms with Crippen molar-refractivity contribution in [2.75, 3.05) is 216 Å². The molecule has 0 amide bonds. The van der Waals surface area contributed by atoms with E-state index in [0.717, 1.165) is 218 Å². The Bertz CT molecular complexity index is 3270. The lowest BCUT2D eigenvalue weighted by molar-refractivity contribution is -0.141. The number of sulfonamides is 1. The first kappa shape index (κ1) is 114. The van der Waals surface area contributed by atoms with Gasteiger partial charge < -0.3 is 70.3 Å². The fourth-order valence-electron chi connectivity index (χ4n) is 25.9. The molecule has 14 atom stereocenters. The predicted molar refractivity (Wildman–Crippen MR) is 564 cm³/mol. The molecule has 12 bridgehead atoms. The third-order valence-electron chi connectivity index (χ3n) is 35.7. The maximum Gasteiger partial charge on any atom is 0.216 e. The van der Waals surface area contributed by atoms with Crippen molar-refractivity contribution in [3.63, 3.8) is 0 Å². The first-order chi connectivity index (χ1) is 63.8. The lowest BCUT2D eigenvalue weighted by Crippen LogP contribution is -2.67. The van der Waals surface area contributed by atoms with Crippen LogP contribution in [0.3, 0.4) is 0 Å². The molecule has 135 heavy (non-hydrogen) atoms. The molecule has 790 valence electrons. The highest BCUT2D eigenvalue weighted by molar-refractivity contribution is 7.89. The van der Waals surface area contributed by atoms with Crippen molar-refractivity contribution < 1.29 is 32.1 Å². The van der Waals surface area contributed by atoms with Gasteiger partial charge >= 0.3 is 0 Å². The van der Waals surface area contributed by atoms with Crippen LogP contribution in [-0.4, -0.2) is 432 Å². The highest BCUT2D eigenvalue weighted by Crippen LogP contribution is 2.45. The van der Waals surface area contributed by atoms with Crippen LogP contribution in [0.2, 0.25) is 0 Å². The Morgan fingerprint density at radius 1 is 0.348 bits per heavy atom. The number of piperidine rings is 5. The van der Waals surface area contributed by atoms with Gasteiger partial charge in [-0.25, -0.2) is 12.7 Å². The summed E-state index contributed by atoms with van der Waals surface area (Å²) >= 11 is 0. The highest BCUT2D eigenvalue weighted by Gasteiger charge is 2.50. The topological polar surface area (TPSA) is 191 Å². The molecule has 22 heterocycles. The predicted octanol–water partition coefficient (Wildman–Crippen LogP) is 12.8. The minimum Gasteiger partial charge on any atom is -0.381 e. The van der Waals surface area contributed by atoms with Crippen molar-refractivity contribution in [3.05, 3.63) is 0 Å². The van der Waals surface area contributed by atoms with Crippen LogP contribution in [0.1, 0.15) is 308 Å². The normalized spacial score (nSPS) is 33.7. The minimum atomic E-state index is -2.97. The van der Waals surface area contributed by atoms with Gasteiger partial charge in [-0.1, -0.05) is 13.8 Å². The van der Waals surface area contributed by atoms with Crippen molar-refractivity contribution in [2.45, 2.75) is 458 Å². The molecule has 24 fully saturated rings. The van der Waals surface area contributed by atoms with E-state index in [0.29, 0.717) is 46.3 Å². The fraction of sp³-hybridized carbons (Fsp3) is 1.00. The molecule has 6 N–H and O–H groups in total. The van der Waals surface area contributed by atoms with Gasteiger partial charge in [-0.05, 0) is 339 Å². The van der Waals surface area contributed by atoms with Gasteiger partial charge in [0.1, 0.15) is 0 Å². The molecule has 26 heteroatoms. The second kappa shape index (κ2) is 53.6. The molecule has 24 aliphatic rings. The quantitative estimate of drug-likeness (QED) is 0.102. The van der Waals surface area contributed by atoms with E-state index in [2.05, 4.69) is 238 Å². The van der Waals surface area contributed by atoms with Gasteiger partial charge in [-0.2, -0.15) is 0 Å². The average molecular weight is 1920 g/mol. The Hall–Kier alpha value is -0.970. The number of hydrogen-bond acceptors (Lipinski definition) is 24. The zero-order chi connectivity index (χ0) is 96.4. The molecule has 24 rings (SSSR count). The van der Waals surface area contributed by atoms with Crippen LogP contribution in [-0.2, 0) is 33.7 Å². The number of nitrogens with one attached hydrogen (secondary N) is 6. The smallest absolute Gasteiger partial charge is 0.216 e. The maximum absolute atomic E-state index is 11.6. The SMILES string of the molecule is C.CC(C)N1C2CCC1CNC2.CC(C)N1CC2CC(C1)N2.CC(C)N1CC2CNCC1C2.CC(C)N1CCC2(CC1)COC2.CC(C)N1CCC2(CCOCC2)CC1.CC(C)N1CCNC2(CC2)C1.CC(C)N1CCOC2(CC2)C1.CC(C)N1C[C@@H]2C[C@H]1CN2.CC(C)N1C[C@H]2CC[C@@H](C1)O2.CC(C)N1C[C@H]2COC[C@H]2C1.CC(C)N1C[C@H]2C[C@@H]1CN2.CC(C)S(=O)(=O)N1CCCCC1. The lowest BCUT2D eigenvalue weighted by Gasteiger charge is -2.49. The lowest BCUT2D eigenvalue weighted by atomic mass is 9.72. The summed E-state index contributed by atoms with van der Waals surface area (Å²) in [5.41, 5.74) is 2.13. The van der Waals surface area contributed by atoms with E-state index in [9.17, 15) is 8.42 Å². The van der Waals surface area contributed by atoms with Gasteiger partial charge in [-0.15, -0.1) is 0 Å². The van der Waals surface area contributed by atoms with E-state index in [4.69, 9.17) is 23.7 Å². The largest absolute Gasteiger partial charge is 0.381 e. The van der Waals surface area contributed by atoms with Crippen LogP contribution in [0.15, 0.2) is 0 Å². The van der Waals surface area contributed by atoms with E-state index in [1.165, 1.54) is 259 Å². The second-order valence-corrected chi connectivity index (χ2v) is 52.1. The van der Waals surface area contributed by atoms with Crippen molar-refractivity contribution in [2.24, 2.45) is 28.6 Å². The van der Waals surface area contributed by atoms with Crippen LogP contribution in [0, 0.1) is 28.6 Å². The van der Waals surface area contributed by atoms with Crippen LogP contribution in [0.4, 0.5) is 0 Å². The number of ether oxygens (including phenoxy) is 5. The van der Waals surface area contributed by atoms with Crippen molar-refractivity contribution in [1.29, 1.82) is 0 Å². The first-order valence-electron chi connectivity index (χ1n) is 56.4. The highest BCUT2D eigenvalue weighted by atomic mass is 32.2. The van der Waals surface area contributed by atoms with Gasteiger partial charge in [0, 0.05) is 294 Å². The molecule has 22 aliphatic heterocycles. The zero-order valence-electron chi connectivity index (χ0n) is 90.8. The summed E-state index contributed by atoms with van der Waals surface area (Å²) < 4.78 is 52.5. The number of morpholine rings is 2. The summed E-state index contributed by atoms with van der Waals surface area (Å²) in [6.45, 7) is 92.1. The maximum atomic E-state index is 11.6. The molecular formula is C109H216N18O7S. The van der Waals surface area contributed by atoms with Gasteiger partial charge in [0.2, 0.25) is 10.0 Å². The summed E-state index contributed by atoms with van der Waals surface area (Å²) in [4.78, 5) is 28.5. The molecule has 2 saturated carbocycles. The fourth-order valence-corrected chi connectivity index (χ4v) is 27.2. The van der Waals surface area contributed by atoms with Gasteiger partial charge in [-0.3, -0.25) is 39.2 Å². The Labute approximate surface area is 830 Å². The Morgan fingerprint density at radius 3 is 1.19 bits per heavy atom. The van der Waals surface area contributed by atoms with E-state index in [1.807, 2.05) is 0 Å². The molecular weight excluding hydrogens is 1710 g/mol. The summed E-state index contributed by atoms with van der Waals surface area (Å²) in [7, 11) is -2.97. The van der Waals surface area contributed by atoms with Gasteiger partial charge in [0.25, 0.3) is 0 Å². The number of piperazine rings is 5. The summed E-state index contributed by atoms with van der Waals surface area (Å²) in [6.07, 6.45) is 28.8. The van der Waals surface area contributed by atoms with E-state index in [-0.39, 0.29) is 12.7 Å². The van der Waals surface area contributed by atoms with Crippen LogP contribution < -0.4 is 31.9 Å². The standard InChI is InChI=1S/C12H23NO.C10H19NO.3C9H18N2.3C9H17NO.3C8H16N2.C8H17NO2S.CH4/c1-11(2)13-7-3-12(4-8-13)5-9-14-10-6-12;1-9(2)11-5-3-10(4-6-11)7-12-8-10;1-7(2)11-6-8-3-9(11)5-10-4-8;1-7(2)11-8-3-4-9(11)6-10-5-8;1-8(2)11-6-5-10-9(7-11)3-4-9;1-7(2)10-3-8-5-11-6-9(8)4-10;1-7(2)10-5-8-3-4-9(6-10)11-8;1-8(2)10-5-6-11-9(7-10)3-4-9;2*1-6(2)10-5-7-3-8(10)4-9-7;1-6(2)10-4-7-3-8(5-10)9-7;1-8(2)12(10,11)9-6-4-3-5-7-9;/h11H,3-10H2,1-2H3;9H,3-8H2,1-2H3;2*7-10H,3-6H2,1-2H3;8,10H,3-7H2,1-2H3;2*7-9H,3-6H2,1-2H3;8H,3-7H2,1-2H3;3*6-9H,3-5H2,1-2H3;8H,3-7H2,1-2H3;1H4/t;;;;;2*8-,9+;;2*7-,8-;;;/m........10.../s1. The monoisotopic (exact) mass is 1920 g/mol. The molecule has 0 aromatic carbocycles. The molecule has 6 unspecified atom stereocenters. The first-order valence-corrected chi connectivity index (χ1v) is 57.9. The molecule has 25 nitrogen and oxygen atoms in total. The number of hydrogen-bond donors (Lipinski definition) is 6. The van der Waals surface area contributed by atoms with Crippen LogP contribution >= 0.6 is 0 Å². The summed E-state index contributed by atoms with van der Waals surface area (Å²) in [6, 6.07) is 15.5. The van der Waals surface area contributed by atoms with Crippen LogP contribution in [0.25, 0.3) is 0 Å². The Balaban J connectivity index is 0.000000142. The average Bonchev–Trinajstić information content (AvgIpc) is 1.76. The van der Waals surface area contributed by atoms with Crippen molar-refractivity contribution in [1.82, 2.24) is 90.1 Å². The van der Waals surface area contributed by atoms with Gasteiger partial charge in [0.15, 0.2) is 0 Å².